The molecule has 3 N–H and O–H groups in total. The van der Waals surface area contributed by atoms with Crippen LogP contribution in [0.15, 0.2) is 0 Å². The first kappa shape index (κ1) is 14.3. The normalized spacial score (nSPS) is 22.4. The van der Waals surface area contributed by atoms with Crippen molar-refractivity contribution in [3.05, 3.63) is 0 Å². The molecule has 6 heteroatoms. The van der Waals surface area contributed by atoms with Crippen LogP contribution in [0.5, 0.6) is 0 Å². The highest BCUT2D eigenvalue weighted by atomic mass is 32.2. The summed E-state index contributed by atoms with van der Waals surface area (Å²) in [5, 5.41) is 2.91. The number of rotatable bonds is 5. The fraction of sp³-hybridized carbons (Fsp3) is 0.818. The third kappa shape index (κ3) is 4.55. The summed E-state index contributed by atoms with van der Waals surface area (Å²) in [6.07, 6.45) is 3.90. The molecule has 0 aromatic heterocycles. The molecule has 0 spiro atoms. The van der Waals surface area contributed by atoms with Gasteiger partial charge in [0.1, 0.15) is 0 Å². The second-order valence-corrected chi connectivity index (χ2v) is 5.39. The molecule has 0 aromatic carbocycles. The summed E-state index contributed by atoms with van der Waals surface area (Å²) in [6, 6.07) is -0.393. The van der Waals surface area contributed by atoms with Gasteiger partial charge in [-0.15, -0.1) is 0 Å². The van der Waals surface area contributed by atoms with Crippen LogP contribution in [-0.4, -0.2) is 54.4 Å². The number of nitrogens with one attached hydrogen (secondary N) is 1. The maximum atomic E-state index is 11.8. The molecular weight excluding hydrogens is 238 g/mol. The molecule has 5 nitrogen and oxygen atoms in total. The molecule has 1 heterocycles. The fourth-order valence-electron chi connectivity index (χ4n) is 1.81. The lowest BCUT2D eigenvalue weighted by Gasteiger charge is -2.30. The van der Waals surface area contributed by atoms with Crippen LogP contribution in [0.1, 0.15) is 19.3 Å². The van der Waals surface area contributed by atoms with Crippen LogP contribution in [0.3, 0.4) is 0 Å². The van der Waals surface area contributed by atoms with Gasteiger partial charge >= 0.3 is 0 Å². The minimum Gasteiger partial charge on any atom is -0.350 e. The van der Waals surface area contributed by atoms with E-state index in [1.54, 1.807) is 23.7 Å². The second kappa shape index (κ2) is 6.86. The lowest BCUT2D eigenvalue weighted by atomic mass is 10.0. The Morgan fingerprint density at radius 2 is 2.41 bits per heavy atom. The van der Waals surface area contributed by atoms with Crippen LogP contribution in [-0.2, 0) is 9.59 Å². The highest BCUT2D eigenvalue weighted by Gasteiger charge is 2.25. The van der Waals surface area contributed by atoms with Gasteiger partial charge in [-0.2, -0.15) is 11.8 Å². The molecule has 0 aliphatic carbocycles. The standard InChI is InChI=1S/C11H21N3O2S/c1-14-7-8(3-4-10(14)15)13-11(16)9(12)5-6-17-2/h8-9H,3-7,12H2,1-2H3,(H,13,16)/t8?,9-/m1/s1. The Morgan fingerprint density at radius 3 is 3.00 bits per heavy atom. The summed E-state index contributed by atoms with van der Waals surface area (Å²) < 4.78 is 0. The highest BCUT2D eigenvalue weighted by molar-refractivity contribution is 7.98. The molecule has 1 aliphatic heterocycles. The average molecular weight is 259 g/mol. The molecule has 17 heavy (non-hydrogen) atoms. The summed E-state index contributed by atoms with van der Waals surface area (Å²) in [7, 11) is 1.76. The lowest BCUT2D eigenvalue weighted by Crippen LogP contribution is -2.52. The van der Waals surface area contributed by atoms with Gasteiger partial charge in [0.25, 0.3) is 0 Å². The van der Waals surface area contributed by atoms with E-state index in [0.29, 0.717) is 25.8 Å². The fourth-order valence-corrected chi connectivity index (χ4v) is 2.30. The number of piperidine rings is 1. The summed E-state index contributed by atoms with van der Waals surface area (Å²) in [5.41, 5.74) is 5.78. The van der Waals surface area contributed by atoms with Gasteiger partial charge in [0.15, 0.2) is 0 Å². The zero-order valence-electron chi connectivity index (χ0n) is 10.4. The van der Waals surface area contributed by atoms with Gasteiger partial charge < -0.3 is 16.0 Å². The van der Waals surface area contributed by atoms with Crippen molar-refractivity contribution in [3.8, 4) is 0 Å². The van der Waals surface area contributed by atoms with E-state index in [1.165, 1.54) is 0 Å². The van der Waals surface area contributed by atoms with Crippen molar-refractivity contribution in [1.82, 2.24) is 10.2 Å². The van der Waals surface area contributed by atoms with E-state index in [4.69, 9.17) is 5.73 Å². The number of nitrogens with zero attached hydrogens (tertiary/aromatic N) is 1. The Labute approximate surface area is 106 Å². The molecule has 1 aliphatic rings. The van der Waals surface area contributed by atoms with Gasteiger partial charge in [-0.25, -0.2) is 0 Å². The molecule has 1 saturated heterocycles. The SMILES string of the molecule is CSCC[C@@H](N)C(=O)NC1CCC(=O)N(C)C1. The quantitative estimate of drug-likeness (QED) is 0.717. The minimum atomic E-state index is -0.439. The Bertz CT molecular complexity index is 286. The number of carbonyl (C=O) groups excluding carboxylic acids is 2. The number of nitrogens with two attached hydrogens (primary N) is 1. The van der Waals surface area contributed by atoms with Crippen LogP contribution in [0, 0.1) is 0 Å². The van der Waals surface area contributed by atoms with Crippen LogP contribution in [0.4, 0.5) is 0 Å². The Hall–Kier alpha value is -0.750. The molecule has 2 amide bonds. The van der Waals surface area contributed by atoms with Crippen molar-refractivity contribution >= 4 is 23.6 Å². The van der Waals surface area contributed by atoms with Gasteiger partial charge in [-0.3, -0.25) is 9.59 Å². The zero-order valence-corrected chi connectivity index (χ0v) is 11.3. The van der Waals surface area contributed by atoms with E-state index in [2.05, 4.69) is 5.32 Å². The summed E-state index contributed by atoms with van der Waals surface area (Å²) in [4.78, 5) is 24.7. The van der Waals surface area contributed by atoms with Crippen LogP contribution in [0.25, 0.3) is 0 Å². The maximum Gasteiger partial charge on any atom is 0.237 e. The van der Waals surface area contributed by atoms with E-state index in [9.17, 15) is 9.59 Å². The van der Waals surface area contributed by atoms with Gasteiger partial charge in [0, 0.05) is 26.1 Å². The van der Waals surface area contributed by atoms with Crippen molar-refractivity contribution in [3.63, 3.8) is 0 Å². The van der Waals surface area contributed by atoms with Gasteiger partial charge in [-0.1, -0.05) is 0 Å². The molecular formula is C11H21N3O2S. The summed E-state index contributed by atoms with van der Waals surface area (Å²) >= 11 is 1.68. The van der Waals surface area contributed by atoms with Crippen LogP contribution >= 0.6 is 11.8 Å². The summed E-state index contributed by atoms with van der Waals surface area (Å²) in [6.45, 7) is 0.583. The molecule has 0 radical (unpaired) electrons. The molecule has 0 aromatic rings. The molecule has 1 rings (SSSR count). The van der Waals surface area contributed by atoms with E-state index in [1.807, 2.05) is 6.26 Å². The van der Waals surface area contributed by atoms with Crippen LogP contribution in [0.2, 0.25) is 0 Å². The first-order valence-corrected chi connectivity index (χ1v) is 7.23. The third-order valence-corrected chi connectivity index (χ3v) is 3.59. The monoisotopic (exact) mass is 259 g/mol. The van der Waals surface area contributed by atoms with Gasteiger partial charge in [0.05, 0.1) is 6.04 Å². The van der Waals surface area contributed by atoms with Gasteiger partial charge in [0.2, 0.25) is 11.8 Å². The number of hydrogen-bond donors (Lipinski definition) is 2. The largest absolute Gasteiger partial charge is 0.350 e. The number of amides is 2. The van der Waals surface area contributed by atoms with Crippen molar-refractivity contribution in [1.29, 1.82) is 0 Å². The number of carbonyl (C=O) groups is 2. The van der Waals surface area contributed by atoms with Crippen molar-refractivity contribution in [2.45, 2.75) is 31.3 Å². The molecule has 0 bridgehead atoms. The van der Waals surface area contributed by atoms with Gasteiger partial charge in [-0.05, 0) is 24.9 Å². The number of thioether (sulfide) groups is 1. The topological polar surface area (TPSA) is 75.4 Å². The van der Waals surface area contributed by atoms with E-state index in [0.717, 1.165) is 5.75 Å². The summed E-state index contributed by atoms with van der Waals surface area (Å²) in [5.74, 6) is 0.923. The molecule has 0 saturated carbocycles. The first-order valence-electron chi connectivity index (χ1n) is 5.83. The minimum absolute atomic E-state index is 0.0468. The molecule has 2 atom stereocenters. The molecule has 1 unspecified atom stereocenters. The van der Waals surface area contributed by atoms with Crippen LogP contribution < -0.4 is 11.1 Å². The van der Waals surface area contributed by atoms with E-state index < -0.39 is 6.04 Å². The lowest BCUT2D eigenvalue weighted by molar-refractivity contribution is -0.134. The van der Waals surface area contributed by atoms with Crippen molar-refractivity contribution < 1.29 is 9.59 Å². The Balaban J connectivity index is 2.33. The average Bonchev–Trinajstić information content (AvgIpc) is 2.30. The maximum absolute atomic E-state index is 11.8. The Kier molecular flexibility index (Phi) is 5.77. The third-order valence-electron chi connectivity index (χ3n) is 2.94. The predicted octanol–water partition coefficient (Wildman–Crippen LogP) is -0.196. The van der Waals surface area contributed by atoms with E-state index >= 15 is 0 Å². The first-order chi connectivity index (χ1) is 8.04. The number of likely N-dealkylation sites (N-methyl/N-ethyl adjacent to an activating group) is 1. The van der Waals surface area contributed by atoms with E-state index in [-0.39, 0.29) is 17.9 Å². The number of hydrogen-bond acceptors (Lipinski definition) is 4. The van der Waals surface area contributed by atoms with Crippen molar-refractivity contribution in [2.75, 3.05) is 25.6 Å². The molecule has 98 valence electrons. The van der Waals surface area contributed by atoms with Crippen molar-refractivity contribution in [2.24, 2.45) is 5.73 Å². The second-order valence-electron chi connectivity index (χ2n) is 4.41. The number of likely N-dealkylation sites (tertiary alicyclic amines) is 1. The Morgan fingerprint density at radius 1 is 1.71 bits per heavy atom. The molecule has 1 fully saturated rings. The predicted molar refractivity (Wildman–Crippen MR) is 69.8 cm³/mol. The zero-order chi connectivity index (χ0) is 12.8. The smallest absolute Gasteiger partial charge is 0.237 e. The highest BCUT2D eigenvalue weighted by Crippen LogP contribution is 2.10.